The molecule has 0 radical (unpaired) electrons. The van der Waals surface area contributed by atoms with Crippen molar-refractivity contribution < 1.29 is 9.90 Å². The summed E-state index contributed by atoms with van der Waals surface area (Å²) < 4.78 is 0. The molecule has 3 heteroatoms. The van der Waals surface area contributed by atoms with Crippen molar-refractivity contribution in [2.45, 2.75) is 39.2 Å². The highest BCUT2D eigenvalue weighted by atomic mass is 16.3. The predicted octanol–water partition coefficient (Wildman–Crippen LogP) is 2.74. The molecule has 1 aliphatic rings. The zero-order valence-corrected chi connectivity index (χ0v) is 10.6. The number of phenolic OH excluding ortho intramolecular Hbond substituents is 1. The minimum Gasteiger partial charge on any atom is -0.508 e. The Bertz CT molecular complexity index is 357. The van der Waals surface area contributed by atoms with Gasteiger partial charge in [0, 0.05) is 5.56 Å². The summed E-state index contributed by atoms with van der Waals surface area (Å²) in [5.74, 6) is 0.238. The number of ketones is 1. The molecule has 2 rings (SSSR count). The number of carbonyl (C=O) groups excluding carboxylic acids is 1. The summed E-state index contributed by atoms with van der Waals surface area (Å²) in [5, 5.41) is 12.5. The molecule has 1 aromatic carbocycles. The van der Waals surface area contributed by atoms with Gasteiger partial charge in [0.15, 0.2) is 5.78 Å². The van der Waals surface area contributed by atoms with Gasteiger partial charge in [-0.05, 0) is 31.5 Å². The van der Waals surface area contributed by atoms with E-state index in [4.69, 9.17) is 0 Å². The maximum atomic E-state index is 12.0. The molecule has 1 heterocycles. The fourth-order valence-corrected chi connectivity index (χ4v) is 1.94. The van der Waals surface area contributed by atoms with E-state index >= 15 is 0 Å². The molecular formula is C14H21NO2. The minimum atomic E-state index is -0.0689. The van der Waals surface area contributed by atoms with E-state index in [1.54, 1.807) is 18.2 Å². The molecule has 0 aromatic heterocycles. The van der Waals surface area contributed by atoms with Crippen LogP contribution in [-0.2, 0) is 0 Å². The first kappa shape index (κ1) is 13.7. The van der Waals surface area contributed by atoms with Crippen LogP contribution in [0.15, 0.2) is 24.3 Å². The van der Waals surface area contributed by atoms with E-state index in [0.29, 0.717) is 5.56 Å². The quantitative estimate of drug-likeness (QED) is 0.775. The molecule has 1 fully saturated rings. The molecule has 17 heavy (non-hydrogen) atoms. The van der Waals surface area contributed by atoms with Crippen molar-refractivity contribution in [3.63, 3.8) is 0 Å². The van der Waals surface area contributed by atoms with Crippen LogP contribution < -0.4 is 5.32 Å². The highest BCUT2D eigenvalue weighted by molar-refractivity contribution is 6.00. The molecule has 0 saturated carbocycles. The molecule has 0 amide bonds. The molecule has 1 aliphatic heterocycles. The van der Waals surface area contributed by atoms with Gasteiger partial charge in [0.1, 0.15) is 5.75 Å². The Balaban J connectivity index is 0.000000686. The summed E-state index contributed by atoms with van der Waals surface area (Å²) in [6, 6.07) is 6.48. The number of phenols is 1. The maximum Gasteiger partial charge on any atom is 0.179 e. The number of hydrogen-bond acceptors (Lipinski definition) is 3. The van der Waals surface area contributed by atoms with Crippen molar-refractivity contribution in [2.75, 3.05) is 6.54 Å². The summed E-state index contributed by atoms with van der Waals surface area (Å²) in [6.45, 7) is 4.91. The molecule has 1 saturated heterocycles. The van der Waals surface area contributed by atoms with Gasteiger partial charge in [0.2, 0.25) is 0 Å². The second-order valence-electron chi connectivity index (χ2n) is 3.92. The van der Waals surface area contributed by atoms with Crippen molar-refractivity contribution in [3.8, 4) is 5.75 Å². The summed E-state index contributed by atoms with van der Waals surface area (Å²) >= 11 is 0. The minimum absolute atomic E-state index is 0.0689. The second-order valence-corrected chi connectivity index (χ2v) is 3.92. The first-order chi connectivity index (χ1) is 8.27. The fraction of sp³-hybridized carbons (Fsp3) is 0.500. The van der Waals surface area contributed by atoms with E-state index < -0.39 is 0 Å². The zero-order chi connectivity index (χ0) is 12.7. The molecule has 3 nitrogen and oxygen atoms in total. The highest BCUT2D eigenvalue weighted by Gasteiger charge is 2.21. The molecule has 1 aromatic rings. The topological polar surface area (TPSA) is 49.3 Å². The van der Waals surface area contributed by atoms with Crippen LogP contribution in [-0.4, -0.2) is 23.5 Å². The summed E-state index contributed by atoms with van der Waals surface area (Å²) in [7, 11) is 0. The average molecular weight is 235 g/mol. The third-order valence-corrected chi connectivity index (χ3v) is 2.76. The Morgan fingerprint density at radius 1 is 1.35 bits per heavy atom. The van der Waals surface area contributed by atoms with Crippen LogP contribution in [0, 0.1) is 0 Å². The van der Waals surface area contributed by atoms with Gasteiger partial charge < -0.3 is 10.4 Å². The van der Waals surface area contributed by atoms with Gasteiger partial charge in [-0.1, -0.05) is 32.4 Å². The third kappa shape index (κ3) is 3.86. The maximum absolute atomic E-state index is 12.0. The molecule has 0 aliphatic carbocycles. The normalized spacial score (nSPS) is 19.1. The van der Waals surface area contributed by atoms with E-state index in [0.717, 1.165) is 25.8 Å². The van der Waals surface area contributed by atoms with Crippen molar-refractivity contribution in [2.24, 2.45) is 0 Å². The molecule has 1 unspecified atom stereocenters. The smallest absolute Gasteiger partial charge is 0.179 e. The van der Waals surface area contributed by atoms with Gasteiger partial charge in [0.25, 0.3) is 0 Å². The number of piperidine rings is 1. The molecule has 0 spiro atoms. The monoisotopic (exact) mass is 235 g/mol. The fourth-order valence-electron chi connectivity index (χ4n) is 1.94. The number of Topliss-reactive ketones (excluding diaryl/α,β-unsaturated/α-hetero) is 1. The number of carbonyl (C=O) groups is 1. The number of hydrogen-bond donors (Lipinski definition) is 2. The van der Waals surface area contributed by atoms with Crippen LogP contribution >= 0.6 is 0 Å². The number of benzene rings is 1. The summed E-state index contributed by atoms with van der Waals surface area (Å²) in [5.41, 5.74) is 0.592. The Morgan fingerprint density at radius 3 is 2.71 bits per heavy atom. The number of aromatic hydroxyl groups is 1. The Labute approximate surface area is 103 Å². The van der Waals surface area contributed by atoms with Gasteiger partial charge in [0.05, 0.1) is 6.04 Å². The first-order valence-electron chi connectivity index (χ1n) is 6.34. The molecule has 0 bridgehead atoms. The first-order valence-corrected chi connectivity index (χ1v) is 6.34. The van der Waals surface area contributed by atoms with Crippen molar-refractivity contribution >= 4 is 5.78 Å². The highest BCUT2D eigenvalue weighted by Crippen LogP contribution is 2.16. The summed E-state index contributed by atoms with van der Waals surface area (Å²) in [6.07, 6.45) is 3.14. The largest absolute Gasteiger partial charge is 0.508 e. The van der Waals surface area contributed by atoms with Gasteiger partial charge in [-0.2, -0.15) is 0 Å². The molecule has 1 atom stereocenters. The van der Waals surface area contributed by atoms with Crippen LogP contribution in [0.3, 0.4) is 0 Å². The molecule has 94 valence electrons. The van der Waals surface area contributed by atoms with Crippen LogP contribution in [0.2, 0.25) is 0 Å². The van der Waals surface area contributed by atoms with Crippen LogP contribution in [0.5, 0.6) is 5.75 Å². The van der Waals surface area contributed by atoms with Gasteiger partial charge >= 0.3 is 0 Å². The lowest BCUT2D eigenvalue weighted by atomic mass is 9.96. The van der Waals surface area contributed by atoms with Gasteiger partial charge in [-0.25, -0.2) is 0 Å². The summed E-state index contributed by atoms with van der Waals surface area (Å²) in [4.78, 5) is 12.0. The lowest BCUT2D eigenvalue weighted by Gasteiger charge is -2.22. The Morgan fingerprint density at radius 2 is 2.12 bits per heavy atom. The van der Waals surface area contributed by atoms with E-state index in [1.807, 2.05) is 13.8 Å². The number of nitrogens with one attached hydrogen (secondary N) is 1. The third-order valence-electron chi connectivity index (χ3n) is 2.76. The zero-order valence-electron chi connectivity index (χ0n) is 10.6. The van der Waals surface area contributed by atoms with E-state index in [9.17, 15) is 9.90 Å². The molecular weight excluding hydrogens is 214 g/mol. The van der Waals surface area contributed by atoms with Crippen LogP contribution in [0.25, 0.3) is 0 Å². The van der Waals surface area contributed by atoms with E-state index in [2.05, 4.69) is 5.32 Å². The average Bonchev–Trinajstić information content (AvgIpc) is 2.41. The van der Waals surface area contributed by atoms with E-state index in [-0.39, 0.29) is 17.6 Å². The van der Waals surface area contributed by atoms with Crippen molar-refractivity contribution in [1.29, 1.82) is 0 Å². The van der Waals surface area contributed by atoms with Gasteiger partial charge in [-0.15, -0.1) is 0 Å². The standard InChI is InChI=1S/C12H15NO2.C2H6/c14-10-5-3-4-9(8-10)12(15)11-6-1-2-7-13-11;1-2/h3-5,8,11,13-14H,1-2,6-7H2;1-2H3. The van der Waals surface area contributed by atoms with Gasteiger partial charge in [-0.3, -0.25) is 4.79 Å². The van der Waals surface area contributed by atoms with Crippen LogP contribution in [0.1, 0.15) is 43.5 Å². The Hall–Kier alpha value is -1.35. The van der Waals surface area contributed by atoms with Crippen molar-refractivity contribution in [1.82, 2.24) is 5.32 Å². The number of rotatable bonds is 2. The molecule has 2 N–H and O–H groups in total. The Kier molecular flexibility index (Phi) is 5.70. The lowest BCUT2D eigenvalue weighted by molar-refractivity contribution is 0.0927. The van der Waals surface area contributed by atoms with Crippen LogP contribution in [0.4, 0.5) is 0 Å². The SMILES string of the molecule is CC.O=C(c1cccc(O)c1)C1CCCCN1. The predicted molar refractivity (Wildman–Crippen MR) is 69.4 cm³/mol. The van der Waals surface area contributed by atoms with Crippen molar-refractivity contribution in [3.05, 3.63) is 29.8 Å². The second kappa shape index (κ2) is 7.07. The van der Waals surface area contributed by atoms with E-state index in [1.165, 1.54) is 6.07 Å². The lowest BCUT2D eigenvalue weighted by Crippen LogP contribution is -2.40.